The molecule has 1 unspecified atom stereocenters. The number of hydrogen-bond donors (Lipinski definition) is 1. The van der Waals surface area contributed by atoms with Gasteiger partial charge in [-0.3, -0.25) is 0 Å². The molecule has 17 heavy (non-hydrogen) atoms. The first-order valence-corrected chi connectivity index (χ1v) is 5.87. The lowest BCUT2D eigenvalue weighted by molar-refractivity contribution is 0.191. The summed E-state index contributed by atoms with van der Waals surface area (Å²) in [5, 5.41) is 17.6. The Morgan fingerprint density at radius 2 is 2.35 bits per heavy atom. The summed E-state index contributed by atoms with van der Waals surface area (Å²) in [4.78, 5) is 0. The molecule has 0 aromatic carbocycles. The van der Waals surface area contributed by atoms with Crippen molar-refractivity contribution in [1.29, 1.82) is 0 Å². The van der Waals surface area contributed by atoms with Gasteiger partial charge < -0.3 is 14.1 Å². The van der Waals surface area contributed by atoms with E-state index in [1.54, 1.807) is 0 Å². The van der Waals surface area contributed by atoms with Crippen molar-refractivity contribution in [2.24, 2.45) is 5.92 Å². The van der Waals surface area contributed by atoms with E-state index in [2.05, 4.69) is 14.8 Å². The van der Waals surface area contributed by atoms with E-state index in [-0.39, 0.29) is 6.61 Å². The fourth-order valence-electron chi connectivity index (χ4n) is 2.28. The topological polar surface area (TPSA) is 64.1 Å². The molecule has 1 aliphatic rings. The Hall–Kier alpha value is -1.62. The van der Waals surface area contributed by atoms with Crippen molar-refractivity contribution in [3.05, 3.63) is 23.7 Å². The molecule has 0 fully saturated rings. The fraction of sp³-hybridized carbons (Fsp3) is 0.500. The number of aliphatic hydroxyl groups is 1. The minimum absolute atomic E-state index is 0.217. The van der Waals surface area contributed by atoms with Crippen molar-refractivity contribution in [3.63, 3.8) is 0 Å². The fourth-order valence-corrected chi connectivity index (χ4v) is 2.28. The first-order valence-electron chi connectivity index (χ1n) is 5.87. The monoisotopic (exact) mass is 233 g/mol. The van der Waals surface area contributed by atoms with Gasteiger partial charge in [0.15, 0.2) is 11.6 Å². The van der Waals surface area contributed by atoms with Gasteiger partial charge in [-0.2, -0.15) is 0 Å². The van der Waals surface area contributed by atoms with Gasteiger partial charge in [-0.1, -0.05) is 0 Å². The Bertz CT molecular complexity index is 530. The zero-order valence-corrected chi connectivity index (χ0v) is 9.76. The van der Waals surface area contributed by atoms with Crippen LogP contribution in [0.25, 0.3) is 11.6 Å². The van der Waals surface area contributed by atoms with Crippen LogP contribution in [0.2, 0.25) is 0 Å². The molecule has 1 atom stereocenters. The van der Waals surface area contributed by atoms with Crippen LogP contribution in [0, 0.1) is 12.8 Å². The van der Waals surface area contributed by atoms with Gasteiger partial charge in [-0.15, -0.1) is 10.2 Å². The maximum Gasteiger partial charge on any atom is 0.199 e. The maximum absolute atomic E-state index is 9.24. The summed E-state index contributed by atoms with van der Waals surface area (Å²) in [7, 11) is 0. The van der Waals surface area contributed by atoms with Crippen molar-refractivity contribution in [2.75, 3.05) is 6.61 Å². The third-order valence-electron chi connectivity index (χ3n) is 3.26. The van der Waals surface area contributed by atoms with Crippen LogP contribution in [-0.2, 0) is 13.0 Å². The first-order chi connectivity index (χ1) is 8.28. The summed E-state index contributed by atoms with van der Waals surface area (Å²) in [5.41, 5.74) is 0. The number of furan rings is 1. The predicted molar refractivity (Wildman–Crippen MR) is 61.4 cm³/mol. The molecule has 3 heterocycles. The van der Waals surface area contributed by atoms with Gasteiger partial charge in [-0.25, -0.2) is 0 Å². The van der Waals surface area contributed by atoms with Gasteiger partial charge in [0, 0.05) is 25.5 Å². The van der Waals surface area contributed by atoms with E-state index in [1.165, 1.54) is 0 Å². The number of nitrogens with zero attached hydrogens (tertiary/aromatic N) is 3. The highest BCUT2D eigenvalue weighted by atomic mass is 16.3. The molecule has 0 amide bonds. The predicted octanol–water partition coefficient (Wildman–Crippen LogP) is 1.40. The third-order valence-corrected chi connectivity index (χ3v) is 3.26. The lowest BCUT2D eigenvalue weighted by atomic mass is 10.0. The van der Waals surface area contributed by atoms with E-state index in [1.807, 2.05) is 19.1 Å². The van der Waals surface area contributed by atoms with Crippen LogP contribution in [0.5, 0.6) is 0 Å². The highest BCUT2D eigenvalue weighted by molar-refractivity contribution is 5.47. The number of aromatic nitrogens is 3. The zero-order chi connectivity index (χ0) is 11.8. The number of aliphatic hydroxyl groups excluding tert-OH is 1. The number of hydrogen-bond acceptors (Lipinski definition) is 4. The molecule has 2 aromatic heterocycles. The van der Waals surface area contributed by atoms with Crippen molar-refractivity contribution < 1.29 is 9.52 Å². The van der Waals surface area contributed by atoms with E-state index >= 15 is 0 Å². The van der Waals surface area contributed by atoms with Gasteiger partial charge in [-0.05, 0) is 25.5 Å². The molecule has 90 valence electrons. The summed E-state index contributed by atoms with van der Waals surface area (Å²) in [6, 6.07) is 3.83. The molecular formula is C12H15N3O2. The number of fused-ring (bicyclic) bond motifs is 1. The van der Waals surface area contributed by atoms with Gasteiger partial charge >= 0.3 is 0 Å². The molecule has 0 aliphatic carbocycles. The molecular weight excluding hydrogens is 218 g/mol. The smallest absolute Gasteiger partial charge is 0.199 e. The summed E-state index contributed by atoms with van der Waals surface area (Å²) < 4.78 is 7.64. The molecule has 0 spiro atoms. The van der Waals surface area contributed by atoms with Crippen LogP contribution in [0.3, 0.4) is 0 Å². The van der Waals surface area contributed by atoms with Crippen LogP contribution < -0.4 is 0 Å². The molecule has 3 rings (SSSR count). The Balaban J connectivity index is 2.00. The SMILES string of the molecule is Cc1ccc(-c2nnc3n2CC(CO)CC3)o1. The third kappa shape index (κ3) is 1.76. The standard InChI is InChI=1S/C12H15N3O2/c1-8-2-4-10(17-8)12-14-13-11-5-3-9(7-16)6-15(11)12/h2,4,9,16H,3,5-7H2,1H3. The highest BCUT2D eigenvalue weighted by Gasteiger charge is 2.24. The second kappa shape index (κ2) is 4.00. The molecule has 1 N–H and O–H groups in total. The van der Waals surface area contributed by atoms with E-state index < -0.39 is 0 Å². The summed E-state index contributed by atoms with van der Waals surface area (Å²) in [6.07, 6.45) is 1.85. The molecule has 0 saturated carbocycles. The van der Waals surface area contributed by atoms with Gasteiger partial charge in [0.1, 0.15) is 11.6 Å². The van der Waals surface area contributed by atoms with Crippen LogP contribution in [0.15, 0.2) is 16.5 Å². The average Bonchev–Trinajstić information content (AvgIpc) is 2.93. The van der Waals surface area contributed by atoms with Gasteiger partial charge in [0.05, 0.1) is 0 Å². The molecule has 1 aliphatic heterocycles. The van der Waals surface area contributed by atoms with Crippen molar-refractivity contribution >= 4 is 0 Å². The van der Waals surface area contributed by atoms with Crippen molar-refractivity contribution in [1.82, 2.24) is 14.8 Å². The van der Waals surface area contributed by atoms with Crippen LogP contribution in [0.1, 0.15) is 18.0 Å². The molecule has 5 nitrogen and oxygen atoms in total. The lowest BCUT2D eigenvalue weighted by Gasteiger charge is -2.21. The largest absolute Gasteiger partial charge is 0.458 e. The number of aryl methyl sites for hydroxylation is 2. The highest BCUT2D eigenvalue weighted by Crippen LogP contribution is 2.26. The summed E-state index contributed by atoms with van der Waals surface area (Å²) in [5.74, 6) is 3.67. The lowest BCUT2D eigenvalue weighted by Crippen LogP contribution is -2.23. The molecule has 5 heteroatoms. The molecule has 0 bridgehead atoms. The zero-order valence-electron chi connectivity index (χ0n) is 9.76. The Morgan fingerprint density at radius 3 is 3.06 bits per heavy atom. The van der Waals surface area contributed by atoms with E-state index in [9.17, 15) is 5.11 Å². The Labute approximate surface area is 99.1 Å². The molecule has 0 saturated heterocycles. The average molecular weight is 233 g/mol. The van der Waals surface area contributed by atoms with Crippen molar-refractivity contribution in [3.8, 4) is 11.6 Å². The van der Waals surface area contributed by atoms with E-state index in [0.29, 0.717) is 5.92 Å². The first kappa shape index (κ1) is 10.5. The van der Waals surface area contributed by atoms with Gasteiger partial charge in [0.2, 0.25) is 0 Å². The van der Waals surface area contributed by atoms with Crippen LogP contribution >= 0.6 is 0 Å². The van der Waals surface area contributed by atoms with Crippen molar-refractivity contribution in [2.45, 2.75) is 26.3 Å². The van der Waals surface area contributed by atoms with Crippen LogP contribution in [0.4, 0.5) is 0 Å². The maximum atomic E-state index is 9.24. The van der Waals surface area contributed by atoms with Gasteiger partial charge in [0.25, 0.3) is 0 Å². The Morgan fingerprint density at radius 1 is 1.47 bits per heavy atom. The second-order valence-corrected chi connectivity index (χ2v) is 4.55. The van der Waals surface area contributed by atoms with E-state index in [0.717, 1.165) is 42.6 Å². The minimum Gasteiger partial charge on any atom is -0.458 e. The Kier molecular flexibility index (Phi) is 2.48. The summed E-state index contributed by atoms with van der Waals surface area (Å²) in [6.45, 7) is 2.90. The number of rotatable bonds is 2. The molecule has 0 radical (unpaired) electrons. The van der Waals surface area contributed by atoms with Crippen LogP contribution in [-0.4, -0.2) is 26.5 Å². The normalized spacial score (nSPS) is 19.3. The van der Waals surface area contributed by atoms with E-state index in [4.69, 9.17) is 4.42 Å². The molecule has 2 aromatic rings. The quantitative estimate of drug-likeness (QED) is 0.851. The second-order valence-electron chi connectivity index (χ2n) is 4.55. The minimum atomic E-state index is 0.217. The summed E-state index contributed by atoms with van der Waals surface area (Å²) >= 11 is 0.